The number of aryl methyl sites for hydroxylation is 1. The summed E-state index contributed by atoms with van der Waals surface area (Å²) in [7, 11) is 0. The molecule has 2 rings (SSSR count). The van der Waals surface area contributed by atoms with E-state index in [0.29, 0.717) is 11.1 Å². The molecule has 1 fully saturated rings. The maximum Gasteiger partial charge on any atom is 0.129 e. The number of nitrogens with zero attached hydrogens (tertiary/aromatic N) is 1. The topological polar surface area (TPSA) is 24.9 Å². The average Bonchev–Trinajstić information content (AvgIpc) is 2.18. The SMILES string of the molecule is Cc1cc(C2CCCNC2)cc(Cl)n1. The summed E-state index contributed by atoms with van der Waals surface area (Å²) >= 11 is 5.94. The number of hydrogen-bond donors (Lipinski definition) is 1. The highest BCUT2D eigenvalue weighted by Crippen LogP contribution is 2.25. The van der Waals surface area contributed by atoms with E-state index in [4.69, 9.17) is 11.6 Å². The third-order valence-corrected chi connectivity index (χ3v) is 2.91. The first-order chi connectivity index (χ1) is 6.75. The smallest absolute Gasteiger partial charge is 0.129 e. The first-order valence-corrected chi connectivity index (χ1v) is 5.48. The summed E-state index contributed by atoms with van der Waals surface area (Å²) in [5.74, 6) is 0.614. The van der Waals surface area contributed by atoms with Gasteiger partial charge in [-0.2, -0.15) is 0 Å². The Kier molecular flexibility index (Phi) is 3.04. The quantitative estimate of drug-likeness (QED) is 0.721. The highest BCUT2D eigenvalue weighted by molar-refractivity contribution is 6.29. The van der Waals surface area contributed by atoms with Crippen LogP contribution in [-0.2, 0) is 0 Å². The average molecular weight is 211 g/mol. The van der Waals surface area contributed by atoms with Crippen molar-refractivity contribution in [1.29, 1.82) is 0 Å². The molecule has 0 aliphatic carbocycles. The second-order valence-corrected chi connectivity index (χ2v) is 4.30. The van der Waals surface area contributed by atoms with Crippen molar-refractivity contribution >= 4 is 11.6 Å². The maximum absolute atomic E-state index is 5.94. The lowest BCUT2D eigenvalue weighted by Crippen LogP contribution is -2.28. The first-order valence-electron chi connectivity index (χ1n) is 5.10. The van der Waals surface area contributed by atoms with Gasteiger partial charge in [-0.05, 0) is 49.9 Å². The summed E-state index contributed by atoms with van der Waals surface area (Å²) in [4.78, 5) is 4.17. The maximum atomic E-state index is 5.94. The van der Waals surface area contributed by atoms with Crippen LogP contribution in [0, 0.1) is 6.92 Å². The van der Waals surface area contributed by atoms with Crippen molar-refractivity contribution in [2.45, 2.75) is 25.7 Å². The number of nitrogens with one attached hydrogen (secondary N) is 1. The van der Waals surface area contributed by atoms with E-state index in [0.717, 1.165) is 18.8 Å². The van der Waals surface area contributed by atoms with Gasteiger partial charge in [-0.25, -0.2) is 4.98 Å². The van der Waals surface area contributed by atoms with E-state index in [1.54, 1.807) is 0 Å². The van der Waals surface area contributed by atoms with Crippen LogP contribution in [0.4, 0.5) is 0 Å². The van der Waals surface area contributed by atoms with Crippen LogP contribution in [0.2, 0.25) is 5.15 Å². The molecule has 1 aliphatic rings. The van der Waals surface area contributed by atoms with Crippen molar-refractivity contribution in [1.82, 2.24) is 10.3 Å². The normalized spacial score (nSPS) is 22.3. The Hall–Kier alpha value is -0.600. The predicted octanol–water partition coefficient (Wildman–Crippen LogP) is 2.51. The number of rotatable bonds is 1. The molecule has 1 aromatic heterocycles. The Bertz CT molecular complexity index is 299. The van der Waals surface area contributed by atoms with Crippen molar-refractivity contribution < 1.29 is 0 Å². The molecule has 3 heteroatoms. The third kappa shape index (κ3) is 2.25. The Morgan fingerprint density at radius 2 is 2.36 bits per heavy atom. The minimum Gasteiger partial charge on any atom is -0.316 e. The van der Waals surface area contributed by atoms with Crippen LogP contribution in [0.3, 0.4) is 0 Å². The fraction of sp³-hybridized carbons (Fsp3) is 0.545. The minimum absolute atomic E-state index is 0.614. The largest absolute Gasteiger partial charge is 0.316 e. The molecule has 0 aromatic carbocycles. The molecule has 2 nitrogen and oxygen atoms in total. The molecule has 1 aliphatic heterocycles. The second-order valence-electron chi connectivity index (χ2n) is 3.91. The molecule has 1 aromatic rings. The molecule has 1 N–H and O–H groups in total. The van der Waals surface area contributed by atoms with Crippen molar-refractivity contribution in [2.75, 3.05) is 13.1 Å². The van der Waals surface area contributed by atoms with Crippen LogP contribution in [0.15, 0.2) is 12.1 Å². The molecule has 0 radical (unpaired) electrons. The fourth-order valence-electron chi connectivity index (χ4n) is 2.03. The van der Waals surface area contributed by atoms with Crippen molar-refractivity contribution in [3.8, 4) is 0 Å². The molecule has 1 saturated heterocycles. The third-order valence-electron chi connectivity index (χ3n) is 2.71. The van der Waals surface area contributed by atoms with Gasteiger partial charge in [-0.3, -0.25) is 0 Å². The van der Waals surface area contributed by atoms with Gasteiger partial charge in [0.05, 0.1) is 0 Å². The first kappa shape index (κ1) is 9.94. The fourth-order valence-corrected chi connectivity index (χ4v) is 2.28. The van der Waals surface area contributed by atoms with Gasteiger partial charge in [0.2, 0.25) is 0 Å². The molecule has 1 atom stereocenters. The van der Waals surface area contributed by atoms with Crippen molar-refractivity contribution in [3.63, 3.8) is 0 Å². The lowest BCUT2D eigenvalue weighted by molar-refractivity contribution is 0.461. The Morgan fingerprint density at radius 1 is 1.50 bits per heavy atom. The summed E-state index contributed by atoms with van der Waals surface area (Å²) < 4.78 is 0. The van der Waals surface area contributed by atoms with Crippen LogP contribution < -0.4 is 5.32 Å². The summed E-state index contributed by atoms with van der Waals surface area (Å²) in [6, 6.07) is 4.13. The van der Waals surface area contributed by atoms with E-state index in [1.807, 2.05) is 13.0 Å². The van der Waals surface area contributed by atoms with Gasteiger partial charge in [0.1, 0.15) is 5.15 Å². The van der Waals surface area contributed by atoms with Gasteiger partial charge < -0.3 is 5.32 Å². The van der Waals surface area contributed by atoms with Crippen LogP contribution in [-0.4, -0.2) is 18.1 Å². The number of pyridine rings is 1. The summed E-state index contributed by atoms with van der Waals surface area (Å²) in [5, 5.41) is 4.03. The highest BCUT2D eigenvalue weighted by atomic mass is 35.5. The summed E-state index contributed by atoms with van der Waals surface area (Å²) in [6.45, 7) is 4.21. The van der Waals surface area contributed by atoms with Crippen LogP contribution in [0.1, 0.15) is 30.0 Å². The number of aromatic nitrogens is 1. The summed E-state index contributed by atoms with van der Waals surface area (Å²) in [6.07, 6.45) is 2.51. The molecule has 0 saturated carbocycles. The highest BCUT2D eigenvalue weighted by Gasteiger charge is 2.15. The number of hydrogen-bond acceptors (Lipinski definition) is 2. The minimum atomic E-state index is 0.614. The van der Waals surface area contributed by atoms with E-state index in [1.165, 1.54) is 18.4 Å². The van der Waals surface area contributed by atoms with Gasteiger partial charge in [-0.15, -0.1) is 0 Å². The van der Waals surface area contributed by atoms with E-state index < -0.39 is 0 Å². The molecular weight excluding hydrogens is 196 g/mol. The van der Waals surface area contributed by atoms with E-state index in [9.17, 15) is 0 Å². The lowest BCUT2D eigenvalue weighted by atomic mass is 9.92. The predicted molar refractivity (Wildman–Crippen MR) is 58.8 cm³/mol. The second kappa shape index (κ2) is 4.28. The molecule has 14 heavy (non-hydrogen) atoms. The van der Waals surface area contributed by atoms with Crippen molar-refractivity contribution in [2.24, 2.45) is 0 Å². The standard InChI is InChI=1S/C11H15ClN2/c1-8-5-10(6-11(12)14-8)9-3-2-4-13-7-9/h5-6,9,13H,2-4,7H2,1H3. The van der Waals surface area contributed by atoms with Crippen LogP contribution in [0.5, 0.6) is 0 Å². The zero-order chi connectivity index (χ0) is 9.97. The van der Waals surface area contributed by atoms with Gasteiger partial charge in [-0.1, -0.05) is 11.6 Å². The zero-order valence-electron chi connectivity index (χ0n) is 8.39. The lowest BCUT2D eigenvalue weighted by Gasteiger charge is -2.23. The van der Waals surface area contributed by atoms with Gasteiger partial charge in [0.15, 0.2) is 0 Å². The van der Waals surface area contributed by atoms with E-state index in [-0.39, 0.29) is 0 Å². The molecule has 1 unspecified atom stereocenters. The van der Waals surface area contributed by atoms with Gasteiger partial charge in [0.25, 0.3) is 0 Å². The molecule has 76 valence electrons. The zero-order valence-corrected chi connectivity index (χ0v) is 9.14. The molecule has 0 spiro atoms. The molecule has 0 amide bonds. The van der Waals surface area contributed by atoms with Crippen LogP contribution >= 0.6 is 11.6 Å². The Balaban J connectivity index is 2.21. The monoisotopic (exact) mass is 210 g/mol. The van der Waals surface area contributed by atoms with Gasteiger partial charge >= 0.3 is 0 Å². The molecule has 2 heterocycles. The van der Waals surface area contributed by atoms with E-state index in [2.05, 4.69) is 16.4 Å². The Labute approximate surface area is 89.7 Å². The molecular formula is C11H15ClN2. The van der Waals surface area contributed by atoms with Crippen molar-refractivity contribution in [3.05, 3.63) is 28.5 Å². The van der Waals surface area contributed by atoms with E-state index >= 15 is 0 Å². The number of halogens is 1. The van der Waals surface area contributed by atoms with Crippen LogP contribution in [0.25, 0.3) is 0 Å². The number of piperidine rings is 1. The Morgan fingerprint density at radius 3 is 3.00 bits per heavy atom. The molecule has 0 bridgehead atoms. The summed E-state index contributed by atoms with van der Waals surface area (Å²) in [5.41, 5.74) is 2.34. The van der Waals surface area contributed by atoms with Gasteiger partial charge in [0, 0.05) is 12.2 Å².